The molecule has 0 radical (unpaired) electrons. The van der Waals surface area contributed by atoms with Crippen LogP contribution in [0.3, 0.4) is 0 Å². The lowest BCUT2D eigenvalue weighted by Gasteiger charge is -2.31. The summed E-state index contributed by atoms with van der Waals surface area (Å²) in [6.07, 6.45) is 1.80. The van der Waals surface area contributed by atoms with Gasteiger partial charge >= 0.3 is 0 Å². The fraction of sp³-hybridized carbons (Fsp3) is 0.152. The fourth-order valence-electron chi connectivity index (χ4n) is 4.89. The lowest BCUT2D eigenvalue weighted by molar-refractivity contribution is 0.121. The molecule has 2 N–H and O–H groups in total. The topological polar surface area (TPSA) is 70.2 Å². The molecule has 5 heteroatoms. The van der Waals surface area contributed by atoms with Crippen LogP contribution in [0.5, 0.6) is 0 Å². The second kappa shape index (κ2) is 9.75. The normalized spacial score (nSPS) is 13.1. The maximum absolute atomic E-state index is 14.3. The average molecular weight is 522 g/mol. The predicted octanol–water partition coefficient (Wildman–Crippen LogP) is 7.31. The number of aliphatic hydroxyl groups is 1. The second-order valence-corrected chi connectivity index (χ2v) is 12.5. The molecule has 4 aromatic carbocycles. The SMILES string of the molecule is CC(C)(C)C=C(c1c(C(O)(c2ccccc2)c2ccccc2)[nH]c2ccccc12)S(=O)(=O)c1ccccc1. The van der Waals surface area contributed by atoms with Crippen LogP contribution in [0.4, 0.5) is 0 Å². The summed E-state index contributed by atoms with van der Waals surface area (Å²) in [6.45, 7) is 5.92. The number of aromatic nitrogens is 1. The maximum atomic E-state index is 14.3. The molecule has 1 heterocycles. The van der Waals surface area contributed by atoms with Gasteiger partial charge in [0.05, 0.1) is 15.5 Å². The Hall–Kier alpha value is -3.93. The first-order valence-corrected chi connectivity index (χ1v) is 14.1. The van der Waals surface area contributed by atoms with Gasteiger partial charge in [-0.15, -0.1) is 0 Å². The number of fused-ring (bicyclic) bond motifs is 1. The number of nitrogens with one attached hydrogen (secondary N) is 1. The van der Waals surface area contributed by atoms with Crippen molar-refractivity contribution in [3.63, 3.8) is 0 Å². The molecule has 0 atom stereocenters. The van der Waals surface area contributed by atoms with Gasteiger partial charge < -0.3 is 10.1 Å². The van der Waals surface area contributed by atoms with Crippen molar-refractivity contribution in [3.8, 4) is 0 Å². The first kappa shape index (κ1) is 25.7. The minimum absolute atomic E-state index is 0.161. The molecule has 5 rings (SSSR count). The second-order valence-electron chi connectivity index (χ2n) is 10.6. The third-order valence-corrected chi connectivity index (χ3v) is 8.40. The van der Waals surface area contributed by atoms with E-state index in [2.05, 4.69) is 4.98 Å². The van der Waals surface area contributed by atoms with Crippen molar-refractivity contribution in [2.24, 2.45) is 5.41 Å². The van der Waals surface area contributed by atoms with Gasteiger partial charge in [-0.25, -0.2) is 8.42 Å². The van der Waals surface area contributed by atoms with Crippen LogP contribution >= 0.6 is 0 Å². The first-order valence-electron chi connectivity index (χ1n) is 12.6. The van der Waals surface area contributed by atoms with Gasteiger partial charge in [-0.05, 0) is 34.7 Å². The molecular weight excluding hydrogens is 490 g/mol. The molecule has 0 amide bonds. The Labute approximate surface area is 224 Å². The van der Waals surface area contributed by atoms with Crippen LogP contribution in [-0.4, -0.2) is 18.5 Å². The standard InChI is InChI=1S/C33H31NO3S/c1-32(2,3)23-29(38(36,37)26-19-11-6-12-20-26)30-27-21-13-14-22-28(27)34-31(30)33(35,24-15-7-4-8-16-24)25-17-9-5-10-18-25/h4-23,34-35H,1-3H3. The van der Waals surface area contributed by atoms with Gasteiger partial charge in [-0.3, -0.25) is 0 Å². The third kappa shape index (κ3) is 4.60. The number of hydrogen-bond donors (Lipinski definition) is 2. The van der Waals surface area contributed by atoms with Crippen molar-refractivity contribution in [3.05, 3.63) is 144 Å². The summed E-state index contributed by atoms with van der Waals surface area (Å²) in [4.78, 5) is 3.80. The van der Waals surface area contributed by atoms with E-state index in [0.29, 0.717) is 22.4 Å². The van der Waals surface area contributed by atoms with Crippen molar-refractivity contribution >= 4 is 25.6 Å². The lowest BCUT2D eigenvalue weighted by Crippen LogP contribution is -2.31. The van der Waals surface area contributed by atoms with E-state index in [1.807, 2.05) is 106 Å². The van der Waals surface area contributed by atoms with Crippen molar-refractivity contribution in [2.75, 3.05) is 0 Å². The highest BCUT2D eigenvalue weighted by atomic mass is 32.2. The number of hydrogen-bond acceptors (Lipinski definition) is 3. The summed E-state index contributed by atoms with van der Waals surface area (Å²) in [6, 6.07) is 34.8. The highest BCUT2D eigenvalue weighted by Crippen LogP contribution is 2.45. The number of aromatic amines is 1. The van der Waals surface area contributed by atoms with Crippen molar-refractivity contribution in [1.82, 2.24) is 4.98 Å². The molecule has 4 nitrogen and oxygen atoms in total. The zero-order valence-electron chi connectivity index (χ0n) is 21.7. The molecule has 0 saturated carbocycles. The number of benzene rings is 4. The van der Waals surface area contributed by atoms with Crippen molar-refractivity contribution in [2.45, 2.75) is 31.3 Å². The van der Waals surface area contributed by atoms with Crippen LogP contribution in [0, 0.1) is 5.41 Å². The number of H-pyrrole nitrogens is 1. The molecule has 0 fully saturated rings. The molecule has 0 unspecified atom stereocenters. The number of para-hydroxylation sites is 1. The Morgan fingerprint density at radius 2 is 1.18 bits per heavy atom. The summed E-state index contributed by atoms with van der Waals surface area (Å²) in [5, 5.41) is 13.5. The van der Waals surface area contributed by atoms with Gasteiger partial charge in [-0.2, -0.15) is 0 Å². The zero-order valence-corrected chi connectivity index (χ0v) is 22.5. The zero-order chi connectivity index (χ0) is 27.0. The van der Waals surface area contributed by atoms with Gasteiger partial charge in [0.2, 0.25) is 9.84 Å². The van der Waals surface area contributed by atoms with Crippen LogP contribution in [0.1, 0.15) is 43.2 Å². The Balaban J connectivity index is 1.93. The number of allylic oxidation sites excluding steroid dienone is 1. The average Bonchev–Trinajstić information content (AvgIpc) is 3.32. The summed E-state index contributed by atoms with van der Waals surface area (Å²) >= 11 is 0. The smallest absolute Gasteiger partial charge is 0.206 e. The molecule has 1 aromatic heterocycles. The molecule has 0 spiro atoms. The third-order valence-electron chi connectivity index (χ3n) is 6.60. The van der Waals surface area contributed by atoms with Crippen LogP contribution in [0.2, 0.25) is 0 Å². The first-order chi connectivity index (χ1) is 18.1. The molecule has 0 bridgehead atoms. The largest absolute Gasteiger partial charge is 0.375 e. The minimum atomic E-state index is -3.97. The Kier molecular flexibility index (Phi) is 6.59. The van der Waals surface area contributed by atoms with Gasteiger partial charge in [0.25, 0.3) is 0 Å². The molecular formula is C33H31NO3S. The molecule has 0 saturated heterocycles. The van der Waals surface area contributed by atoms with Crippen molar-refractivity contribution < 1.29 is 13.5 Å². The monoisotopic (exact) mass is 521 g/mol. The summed E-state index contributed by atoms with van der Waals surface area (Å²) in [5.41, 5.74) is 0.758. The lowest BCUT2D eigenvalue weighted by atomic mass is 9.81. The van der Waals surface area contributed by atoms with E-state index in [-0.39, 0.29) is 9.80 Å². The molecule has 0 aliphatic rings. The number of sulfone groups is 1. The Bertz CT molecular complexity index is 1660. The summed E-state index contributed by atoms with van der Waals surface area (Å²) in [5.74, 6) is 0. The molecule has 5 aromatic rings. The molecule has 0 aliphatic heterocycles. The van der Waals surface area contributed by atoms with Crippen LogP contribution in [-0.2, 0) is 15.4 Å². The van der Waals surface area contributed by atoms with Gasteiger partial charge in [0.1, 0.15) is 0 Å². The van der Waals surface area contributed by atoms with E-state index in [9.17, 15) is 13.5 Å². The maximum Gasteiger partial charge on any atom is 0.206 e. The van der Waals surface area contributed by atoms with E-state index in [0.717, 1.165) is 10.9 Å². The van der Waals surface area contributed by atoms with Crippen molar-refractivity contribution in [1.29, 1.82) is 0 Å². The van der Waals surface area contributed by atoms with Crippen LogP contribution in [0.15, 0.2) is 126 Å². The summed E-state index contributed by atoms with van der Waals surface area (Å²) < 4.78 is 28.7. The van der Waals surface area contributed by atoms with Gasteiger partial charge in [0.15, 0.2) is 5.60 Å². The molecule has 0 aliphatic carbocycles. The van der Waals surface area contributed by atoms with Gasteiger partial charge in [0, 0.05) is 16.5 Å². The summed E-state index contributed by atoms with van der Waals surface area (Å²) in [7, 11) is -3.97. The molecule has 192 valence electrons. The van der Waals surface area contributed by atoms with E-state index in [4.69, 9.17) is 0 Å². The Morgan fingerprint density at radius 1 is 0.711 bits per heavy atom. The number of rotatable bonds is 6. The Morgan fingerprint density at radius 3 is 1.71 bits per heavy atom. The predicted molar refractivity (Wildman–Crippen MR) is 154 cm³/mol. The molecule has 38 heavy (non-hydrogen) atoms. The fourth-order valence-corrected chi connectivity index (χ4v) is 6.65. The quantitative estimate of drug-likeness (QED) is 0.246. The van der Waals surface area contributed by atoms with E-state index in [1.165, 1.54) is 0 Å². The van der Waals surface area contributed by atoms with E-state index >= 15 is 0 Å². The van der Waals surface area contributed by atoms with Crippen LogP contribution < -0.4 is 0 Å². The van der Waals surface area contributed by atoms with Gasteiger partial charge in [-0.1, -0.05) is 124 Å². The highest BCUT2D eigenvalue weighted by Gasteiger charge is 2.41. The highest BCUT2D eigenvalue weighted by molar-refractivity contribution is 8.00. The minimum Gasteiger partial charge on any atom is -0.375 e. The van der Waals surface area contributed by atoms with Crippen LogP contribution in [0.25, 0.3) is 15.8 Å². The van der Waals surface area contributed by atoms with E-state index in [1.54, 1.807) is 36.4 Å². The van der Waals surface area contributed by atoms with E-state index < -0.39 is 20.9 Å².